The fourth-order valence-corrected chi connectivity index (χ4v) is 2.86. The molecular weight excluding hydrogens is 359 g/mol. The van der Waals surface area contributed by atoms with Gasteiger partial charge in [0.15, 0.2) is 5.76 Å². The first-order valence-electron chi connectivity index (χ1n) is 7.78. The molecular formula is C20H12ClFO4. The third-order valence-corrected chi connectivity index (χ3v) is 4.33. The lowest BCUT2D eigenvalue weighted by atomic mass is 10.1. The van der Waals surface area contributed by atoms with E-state index in [1.165, 1.54) is 24.7 Å². The largest absolute Gasteiger partial charge is 0.489 e. The van der Waals surface area contributed by atoms with Gasteiger partial charge in [-0.15, -0.1) is 0 Å². The third kappa shape index (κ3) is 2.97. The molecule has 4 nitrogen and oxygen atoms in total. The molecule has 26 heavy (non-hydrogen) atoms. The van der Waals surface area contributed by atoms with Crippen LogP contribution in [-0.2, 0) is 6.61 Å². The number of halogens is 2. The quantitative estimate of drug-likeness (QED) is 0.427. The van der Waals surface area contributed by atoms with E-state index in [0.717, 1.165) is 0 Å². The van der Waals surface area contributed by atoms with Crippen molar-refractivity contribution in [1.29, 1.82) is 0 Å². The van der Waals surface area contributed by atoms with E-state index in [9.17, 15) is 9.18 Å². The van der Waals surface area contributed by atoms with Gasteiger partial charge in [0, 0.05) is 10.9 Å². The fraction of sp³-hybridized carbons (Fsp3) is 0.0500. The van der Waals surface area contributed by atoms with Gasteiger partial charge in [0.2, 0.25) is 5.78 Å². The SMILES string of the molecule is O=C(c1ccco1)c1coc2ccc(OCc3c(F)cccc3Cl)cc12. The number of ether oxygens (including phenoxy) is 1. The second kappa shape index (κ2) is 6.69. The van der Waals surface area contributed by atoms with Crippen LogP contribution in [0.5, 0.6) is 5.75 Å². The predicted octanol–water partition coefficient (Wildman–Crippen LogP) is 5.63. The highest BCUT2D eigenvalue weighted by molar-refractivity contribution is 6.31. The molecule has 4 aromatic rings. The molecule has 0 aliphatic heterocycles. The second-order valence-electron chi connectivity index (χ2n) is 5.60. The molecule has 0 amide bonds. The summed E-state index contributed by atoms with van der Waals surface area (Å²) in [6.45, 7) is -0.0314. The molecule has 4 rings (SSSR count). The average molecular weight is 371 g/mol. The third-order valence-electron chi connectivity index (χ3n) is 3.98. The topological polar surface area (TPSA) is 52.6 Å². The monoisotopic (exact) mass is 370 g/mol. The molecule has 0 saturated carbocycles. The lowest BCUT2D eigenvalue weighted by Crippen LogP contribution is -2.00. The van der Waals surface area contributed by atoms with Gasteiger partial charge in [0.1, 0.15) is 30.0 Å². The van der Waals surface area contributed by atoms with Crippen LogP contribution in [0, 0.1) is 5.82 Å². The highest BCUT2D eigenvalue weighted by Crippen LogP contribution is 2.29. The van der Waals surface area contributed by atoms with Crippen LogP contribution in [0.15, 0.2) is 69.9 Å². The van der Waals surface area contributed by atoms with Crippen LogP contribution < -0.4 is 4.74 Å². The molecule has 0 saturated heterocycles. The Morgan fingerprint density at radius 3 is 2.77 bits per heavy atom. The average Bonchev–Trinajstić information content (AvgIpc) is 3.30. The maximum Gasteiger partial charge on any atom is 0.232 e. The Hall–Kier alpha value is -3.05. The Labute approximate surface area is 152 Å². The molecule has 6 heteroatoms. The van der Waals surface area contributed by atoms with E-state index in [2.05, 4.69) is 0 Å². The molecule has 0 radical (unpaired) electrons. The van der Waals surface area contributed by atoms with Gasteiger partial charge in [-0.05, 0) is 42.5 Å². The Balaban J connectivity index is 1.63. The molecule has 2 aromatic carbocycles. The number of hydrogen-bond acceptors (Lipinski definition) is 4. The van der Waals surface area contributed by atoms with E-state index >= 15 is 0 Å². The highest BCUT2D eigenvalue weighted by Gasteiger charge is 2.18. The Kier molecular flexibility index (Phi) is 4.22. The number of carbonyl (C=O) groups excluding carboxylic acids is 1. The van der Waals surface area contributed by atoms with E-state index < -0.39 is 5.82 Å². The van der Waals surface area contributed by atoms with E-state index in [4.69, 9.17) is 25.2 Å². The van der Waals surface area contributed by atoms with Crippen LogP contribution in [0.25, 0.3) is 11.0 Å². The maximum atomic E-state index is 13.8. The lowest BCUT2D eigenvalue weighted by molar-refractivity contribution is 0.101. The first-order chi connectivity index (χ1) is 12.6. The van der Waals surface area contributed by atoms with Crippen LogP contribution in [0.4, 0.5) is 4.39 Å². The molecule has 0 aliphatic carbocycles. The molecule has 0 bridgehead atoms. The molecule has 0 unspecified atom stereocenters. The number of furan rings is 2. The first kappa shape index (κ1) is 16.4. The summed E-state index contributed by atoms with van der Waals surface area (Å²) in [5.41, 5.74) is 1.17. The minimum atomic E-state index is -0.435. The van der Waals surface area contributed by atoms with Crippen molar-refractivity contribution < 1.29 is 22.8 Å². The van der Waals surface area contributed by atoms with Crippen molar-refractivity contribution in [3.05, 3.63) is 88.8 Å². The molecule has 0 N–H and O–H groups in total. The highest BCUT2D eigenvalue weighted by atomic mass is 35.5. The molecule has 0 fully saturated rings. The van der Waals surface area contributed by atoms with Crippen molar-refractivity contribution in [2.75, 3.05) is 0 Å². The smallest absolute Gasteiger partial charge is 0.232 e. The fourth-order valence-electron chi connectivity index (χ4n) is 2.64. The summed E-state index contributed by atoms with van der Waals surface area (Å²) in [7, 11) is 0. The zero-order chi connectivity index (χ0) is 18.1. The number of rotatable bonds is 5. The van der Waals surface area contributed by atoms with E-state index in [0.29, 0.717) is 27.3 Å². The minimum absolute atomic E-state index is 0.0314. The zero-order valence-electron chi connectivity index (χ0n) is 13.4. The van der Waals surface area contributed by atoms with Gasteiger partial charge in [0.25, 0.3) is 0 Å². The van der Waals surface area contributed by atoms with Crippen molar-refractivity contribution in [3.63, 3.8) is 0 Å². The van der Waals surface area contributed by atoms with E-state index in [1.807, 2.05) is 0 Å². The summed E-state index contributed by atoms with van der Waals surface area (Å²) in [6, 6.07) is 12.7. The van der Waals surface area contributed by atoms with Gasteiger partial charge in [-0.25, -0.2) is 4.39 Å². The predicted molar refractivity (Wildman–Crippen MR) is 94.1 cm³/mol. The van der Waals surface area contributed by atoms with Crippen molar-refractivity contribution in [1.82, 2.24) is 0 Å². The molecule has 0 spiro atoms. The number of fused-ring (bicyclic) bond motifs is 1. The second-order valence-corrected chi connectivity index (χ2v) is 6.01. The van der Waals surface area contributed by atoms with Gasteiger partial charge < -0.3 is 13.6 Å². The summed E-state index contributed by atoms with van der Waals surface area (Å²) < 4.78 is 30.1. The summed E-state index contributed by atoms with van der Waals surface area (Å²) in [5, 5.41) is 0.881. The Bertz CT molecular complexity index is 1060. The molecule has 0 atom stereocenters. The number of carbonyl (C=O) groups is 1. The number of ketones is 1. The first-order valence-corrected chi connectivity index (χ1v) is 8.16. The zero-order valence-corrected chi connectivity index (χ0v) is 14.1. The molecule has 130 valence electrons. The van der Waals surface area contributed by atoms with Gasteiger partial charge in [-0.3, -0.25) is 4.79 Å². The van der Waals surface area contributed by atoms with E-state index in [-0.39, 0.29) is 23.7 Å². The maximum absolute atomic E-state index is 13.8. The summed E-state index contributed by atoms with van der Waals surface area (Å²) in [5.74, 6) is -0.0394. The number of benzene rings is 2. The van der Waals surface area contributed by atoms with Crippen LogP contribution in [-0.4, -0.2) is 5.78 Å². The van der Waals surface area contributed by atoms with Crippen LogP contribution in [0.1, 0.15) is 21.7 Å². The normalized spacial score (nSPS) is 11.0. The lowest BCUT2D eigenvalue weighted by Gasteiger charge is -2.09. The summed E-state index contributed by atoms with van der Waals surface area (Å²) in [6.07, 6.45) is 2.81. The number of hydrogen-bond donors (Lipinski definition) is 0. The molecule has 2 heterocycles. The van der Waals surface area contributed by atoms with Crippen LogP contribution in [0.3, 0.4) is 0 Å². The van der Waals surface area contributed by atoms with E-state index in [1.54, 1.807) is 36.4 Å². The van der Waals surface area contributed by atoms with Gasteiger partial charge in [0.05, 0.1) is 16.8 Å². The standard InChI is InChI=1S/C20H12ClFO4/c21-16-3-1-4-17(22)15(16)11-25-12-6-7-18-13(9-12)14(10-26-18)20(23)19-5-2-8-24-19/h1-10H,11H2. The summed E-state index contributed by atoms with van der Waals surface area (Å²) >= 11 is 6.01. The van der Waals surface area contributed by atoms with Gasteiger partial charge in [-0.1, -0.05) is 17.7 Å². The Morgan fingerprint density at radius 2 is 2.00 bits per heavy atom. The minimum Gasteiger partial charge on any atom is -0.489 e. The van der Waals surface area contributed by atoms with Gasteiger partial charge >= 0.3 is 0 Å². The van der Waals surface area contributed by atoms with Crippen molar-refractivity contribution in [2.24, 2.45) is 0 Å². The van der Waals surface area contributed by atoms with Crippen molar-refractivity contribution in [3.8, 4) is 5.75 Å². The van der Waals surface area contributed by atoms with Crippen molar-refractivity contribution in [2.45, 2.75) is 6.61 Å². The van der Waals surface area contributed by atoms with Gasteiger partial charge in [-0.2, -0.15) is 0 Å². The van der Waals surface area contributed by atoms with Crippen LogP contribution in [0.2, 0.25) is 5.02 Å². The van der Waals surface area contributed by atoms with Crippen molar-refractivity contribution >= 4 is 28.4 Å². The Morgan fingerprint density at radius 1 is 1.12 bits per heavy atom. The molecule has 2 aromatic heterocycles. The summed E-state index contributed by atoms with van der Waals surface area (Å²) in [4.78, 5) is 12.5. The van der Waals surface area contributed by atoms with Crippen LogP contribution >= 0.6 is 11.6 Å². The molecule has 0 aliphatic rings.